The van der Waals surface area contributed by atoms with Crippen molar-refractivity contribution in [2.24, 2.45) is 5.10 Å². The van der Waals surface area contributed by atoms with Gasteiger partial charge < -0.3 is 4.74 Å². The fourth-order valence-corrected chi connectivity index (χ4v) is 1.88. The first-order chi connectivity index (χ1) is 11.0. The summed E-state index contributed by atoms with van der Waals surface area (Å²) in [6.07, 6.45) is 0. The Kier molecular flexibility index (Phi) is 5.65. The zero-order chi connectivity index (χ0) is 16.8. The molecule has 0 atom stereocenters. The van der Waals surface area contributed by atoms with Crippen LogP contribution in [0.3, 0.4) is 0 Å². The maximum absolute atomic E-state index is 13.6. The van der Waals surface area contributed by atoms with Gasteiger partial charge in [0, 0.05) is 5.02 Å². The summed E-state index contributed by atoms with van der Waals surface area (Å²) in [5, 5.41) is 4.23. The molecule has 0 heterocycles. The van der Waals surface area contributed by atoms with Crippen LogP contribution in [-0.4, -0.2) is 18.2 Å². The van der Waals surface area contributed by atoms with Crippen molar-refractivity contribution in [2.45, 2.75) is 6.92 Å². The van der Waals surface area contributed by atoms with Crippen LogP contribution in [0.5, 0.6) is 5.75 Å². The number of benzene rings is 2. The molecule has 2 aromatic carbocycles. The highest BCUT2D eigenvalue weighted by Gasteiger charge is 2.12. The van der Waals surface area contributed by atoms with E-state index < -0.39 is 17.5 Å². The number of nitrogens with one attached hydrogen (secondary N) is 1. The maximum Gasteiger partial charge on any atom is 0.277 e. The molecule has 23 heavy (non-hydrogen) atoms. The second-order valence-electron chi connectivity index (χ2n) is 4.57. The van der Waals surface area contributed by atoms with Crippen LogP contribution in [0.25, 0.3) is 0 Å². The molecule has 0 spiro atoms. The molecule has 0 bridgehead atoms. The number of hydrogen-bond acceptors (Lipinski definition) is 3. The van der Waals surface area contributed by atoms with Gasteiger partial charge in [-0.15, -0.1) is 0 Å². The molecule has 1 amide bonds. The van der Waals surface area contributed by atoms with E-state index in [0.717, 1.165) is 12.1 Å². The minimum atomic E-state index is -0.752. The van der Waals surface area contributed by atoms with Gasteiger partial charge in [-0.05, 0) is 43.3 Å². The third-order valence-electron chi connectivity index (χ3n) is 2.86. The maximum atomic E-state index is 13.6. The van der Waals surface area contributed by atoms with Crippen molar-refractivity contribution in [1.82, 2.24) is 5.43 Å². The van der Waals surface area contributed by atoms with Crippen LogP contribution in [0.4, 0.5) is 8.78 Å². The number of carbonyl (C=O) groups excluding carboxylic acids is 1. The van der Waals surface area contributed by atoms with Crippen molar-refractivity contribution in [1.29, 1.82) is 0 Å². The predicted molar refractivity (Wildman–Crippen MR) is 83.7 cm³/mol. The Morgan fingerprint density at radius 2 is 1.78 bits per heavy atom. The SMILES string of the molecule is C/C(=N/NC(=O)COc1ccc(Cl)cc1)c1c(F)cccc1F. The molecule has 0 fully saturated rings. The van der Waals surface area contributed by atoms with Crippen LogP contribution in [0, 0.1) is 11.6 Å². The molecular weight excluding hydrogens is 326 g/mol. The third kappa shape index (κ3) is 4.75. The highest BCUT2D eigenvalue weighted by Crippen LogP contribution is 2.15. The van der Waals surface area contributed by atoms with Gasteiger partial charge in [0.1, 0.15) is 17.4 Å². The quantitative estimate of drug-likeness (QED) is 0.669. The van der Waals surface area contributed by atoms with Gasteiger partial charge >= 0.3 is 0 Å². The molecule has 0 aliphatic rings. The van der Waals surface area contributed by atoms with Gasteiger partial charge in [-0.1, -0.05) is 17.7 Å². The minimum Gasteiger partial charge on any atom is -0.484 e. The van der Waals surface area contributed by atoms with E-state index in [0.29, 0.717) is 10.8 Å². The van der Waals surface area contributed by atoms with Crippen molar-refractivity contribution in [3.8, 4) is 5.75 Å². The van der Waals surface area contributed by atoms with Gasteiger partial charge in [0.25, 0.3) is 5.91 Å². The highest BCUT2D eigenvalue weighted by atomic mass is 35.5. The highest BCUT2D eigenvalue weighted by molar-refractivity contribution is 6.30. The Morgan fingerprint density at radius 3 is 2.39 bits per heavy atom. The average Bonchev–Trinajstić information content (AvgIpc) is 2.52. The first kappa shape index (κ1) is 16.9. The Bertz CT molecular complexity index is 713. The molecule has 0 radical (unpaired) electrons. The molecular formula is C16H13ClF2N2O2. The molecule has 0 saturated carbocycles. The number of hydrazone groups is 1. The van der Waals surface area contributed by atoms with Gasteiger partial charge in [-0.3, -0.25) is 4.79 Å². The number of halogens is 3. The number of hydrogen-bond donors (Lipinski definition) is 1. The third-order valence-corrected chi connectivity index (χ3v) is 3.11. The summed E-state index contributed by atoms with van der Waals surface area (Å²) < 4.78 is 32.3. The van der Waals surface area contributed by atoms with E-state index in [1.165, 1.54) is 13.0 Å². The standard InChI is InChI=1S/C16H13ClF2N2O2/c1-10(16-13(18)3-2-4-14(16)19)20-21-15(22)9-23-12-7-5-11(17)6-8-12/h2-8H,9H2,1H3,(H,21,22)/b20-10-. The number of amides is 1. The molecule has 120 valence electrons. The van der Waals surface area contributed by atoms with E-state index in [2.05, 4.69) is 10.5 Å². The molecule has 1 N–H and O–H groups in total. The second-order valence-corrected chi connectivity index (χ2v) is 5.01. The van der Waals surface area contributed by atoms with Crippen molar-refractivity contribution >= 4 is 23.2 Å². The Hall–Kier alpha value is -2.47. The minimum absolute atomic E-state index is 0.0143. The summed E-state index contributed by atoms with van der Waals surface area (Å²) in [5.41, 5.74) is 1.91. The Labute approximate surface area is 136 Å². The van der Waals surface area contributed by atoms with Crippen LogP contribution in [0.2, 0.25) is 5.02 Å². The first-order valence-corrected chi connectivity index (χ1v) is 7.01. The summed E-state index contributed by atoms with van der Waals surface area (Å²) in [7, 11) is 0. The molecule has 4 nitrogen and oxygen atoms in total. The van der Waals surface area contributed by atoms with Gasteiger partial charge in [0.2, 0.25) is 0 Å². The van der Waals surface area contributed by atoms with E-state index in [-0.39, 0.29) is 17.9 Å². The van der Waals surface area contributed by atoms with Gasteiger partial charge in [-0.25, -0.2) is 14.2 Å². The lowest BCUT2D eigenvalue weighted by Gasteiger charge is -2.07. The van der Waals surface area contributed by atoms with Crippen molar-refractivity contribution in [3.63, 3.8) is 0 Å². The molecule has 2 rings (SSSR count). The van der Waals surface area contributed by atoms with Crippen LogP contribution in [-0.2, 0) is 4.79 Å². The number of nitrogens with zero attached hydrogens (tertiary/aromatic N) is 1. The van der Waals surface area contributed by atoms with Gasteiger partial charge in [0.15, 0.2) is 6.61 Å². The topological polar surface area (TPSA) is 50.7 Å². The fourth-order valence-electron chi connectivity index (χ4n) is 1.76. The average molecular weight is 339 g/mol. The summed E-state index contributed by atoms with van der Waals surface area (Å²) in [6, 6.07) is 9.94. The lowest BCUT2D eigenvalue weighted by molar-refractivity contribution is -0.123. The molecule has 7 heteroatoms. The van der Waals surface area contributed by atoms with E-state index in [9.17, 15) is 13.6 Å². The summed E-state index contributed by atoms with van der Waals surface area (Å²) in [5.74, 6) is -1.60. The second kappa shape index (κ2) is 7.69. The van der Waals surface area contributed by atoms with Crippen molar-refractivity contribution in [2.75, 3.05) is 6.61 Å². The van der Waals surface area contributed by atoms with E-state index in [1.807, 2.05) is 0 Å². The molecule has 2 aromatic rings. The first-order valence-electron chi connectivity index (χ1n) is 6.63. The van der Waals surface area contributed by atoms with Crippen molar-refractivity contribution < 1.29 is 18.3 Å². The normalized spacial score (nSPS) is 11.2. The largest absolute Gasteiger partial charge is 0.484 e. The fraction of sp³-hybridized carbons (Fsp3) is 0.125. The number of rotatable bonds is 5. The van der Waals surface area contributed by atoms with Crippen LogP contribution < -0.4 is 10.2 Å². The zero-order valence-corrected chi connectivity index (χ0v) is 12.9. The molecule has 0 aromatic heterocycles. The molecule has 0 saturated heterocycles. The number of carbonyl (C=O) groups is 1. The van der Waals surface area contributed by atoms with E-state index >= 15 is 0 Å². The predicted octanol–water partition coefficient (Wildman–Crippen LogP) is 3.54. The Morgan fingerprint density at radius 1 is 1.17 bits per heavy atom. The van der Waals surface area contributed by atoms with Crippen LogP contribution in [0.15, 0.2) is 47.6 Å². The monoisotopic (exact) mass is 338 g/mol. The molecule has 0 aliphatic heterocycles. The lowest BCUT2D eigenvalue weighted by Crippen LogP contribution is -2.25. The van der Waals surface area contributed by atoms with Crippen LogP contribution >= 0.6 is 11.6 Å². The molecule has 0 unspecified atom stereocenters. The smallest absolute Gasteiger partial charge is 0.277 e. The number of ether oxygens (including phenoxy) is 1. The summed E-state index contributed by atoms with van der Waals surface area (Å²) >= 11 is 5.73. The summed E-state index contributed by atoms with van der Waals surface area (Å²) in [4.78, 5) is 11.6. The van der Waals surface area contributed by atoms with Crippen molar-refractivity contribution in [3.05, 3.63) is 64.7 Å². The van der Waals surface area contributed by atoms with Gasteiger partial charge in [0.05, 0.1) is 11.3 Å². The van der Waals surface area contributed by atoms with E-state index in [1.54, 1.807) is 24.3 Å². The Balaban J connectivity index is 1.93. The molecule has 0 aliphatic carbocycles. The summed E-state index contributed by atoms with van der Waals surface area (Å²) in [6.45, 7) is 1.10. The zero-order valence-electron chi connectivity index (χ0n) is 12.1. The van der Waals surface area contributed by atoms with Gasteiger partial charge in [-0.2, -0.15) is 5.10 Å². The van der Waals surface area contributed by atoms with Crippen LogP contribution in [0.1, 0.15) is 12.5 Å². The van der Waals surface area contributed by atoms with E-state index in [4.69, 9.17) is 16.3 Å². The lowest BCUT2D eigenvalue weighted by atomic mass is 10.1.